The summed E-state index contributed by atoms with van der Waals surface area (Å²) in [5.74, 6) is -1.74. The minimum atomic E-state index is -1.22. The maximum atomic E-state index is 13.2. The van der Waals surface area contributed by atoms with E-state index in [1.54, 1.807) is 12.1 Å². The molecule has 0 radical (unpaired) electrons. The molecule has 4 nitrogen and oxygen atoms in total. The molecule has 1 fully saturated rings. The number of benzene rings is 1. The first-order chi connectivity index (χ1) is 9.04. The van der Waals surface area contributed by atoms with Crippen molar-refractivity contribution in [2.75, 3.05) is 0 Å². The van der Waals surface area contributed by atoms with Crippen LogP contribution in [0.4, 0.5) is 4.39 Å². The summed E-state index contributed by atoms with van der Waals surface area (Å²) in [7, 11) is 0. The fraction of sp³-hybridized carbons (Fsp3) is 0.286. The van der Waals surface area contributed by atoms with Crippen LogP contribution in [-0.2, 0) is 9.59 Å². The minimum Gasteiger partial charge on any atom is -0.369 e. The van der Waals surface area contributed by atoms with Gasteiger partial charge in [0, 0.05) is 18.0 Å². The molecule has 3 rings (SSSR count). The SMILES string of the molecule is NC(=O)C1(C(=O)NC2=CC2)CC1c1cccc(F)c1. The number of nitrogens with two attached hydrogens (primary N) is 1. The molecular formula is C14H13FN2O2. The number of carbonyl (C=O) groups excluding carboxylic acids is 2. The van der Waals surface area contributed by atoms with Crippen molar-refractivity contribution >= 4 is 11.8 Å². The predicted octanol–water partition coefficient (Wildman–Crippen LogP) is 1.19. The molecule has 3 N–H and O–H groups in total. The number of amides is 2. The van der Waals surface area contributed by atoms with Gasteiger partial charge in [-0.25, -0.2) is 4.39 Å². The maximum absolute atomic E-state index is 13.2. The lowest BCUT2D eigenvalue weighted by Gasteiger charge is -2.12. The summed E-state index contributed by atoms with van der Waals surface area (Å²) in [6.45, 7) is 0. The van der Waals surface area contributed by atoms with Gasteiger partial charge in [-0.15, -0.1) is 0 Å². The van der Waals surface area contributed by atoms with Crippen molar-refractivity contribution in [3.8, 4) is 0 Å². The number of carbonyl (C=O) groups is 2. The Bertz CT molecular complexity index is 611. The summed E-state index contributed by atoms with van der Waals surface area (Å²) in [5, 5.41) is 2.68. The molecule has 2 atom stereocenters. The van der Waals surface area contributed by atoms with Crippen molar-refractivity contribution in [2.45, 2.75) is 18.8 Å². The molecule has 0 saturated heterocycles. The van der Waals surface area contributed by atoms with E-state index < -0.39 is 11.3 Å². The van der Waals surface area contributed by atoms with Crippen LogP contribution in [-0.4, -0.2) is 11.8 Å². The van der Waals surface area contributed by atoms with Crippen LogP contribution in [0.3, 0.4) is 0 Å². The number of halogens is 1. The van der Waals surface area contributed by atoms with E-state index in [1.807, 2.05) is 6.08 Å². The Balaban J connectivity index is 1.86. The summed E-state index contributed by atoms with van der Waals surface area (Å²) in [4.78, 5) is 23.8. The normalized spacial score (nSPS) is 27.4. The van der Waals surface area contributed by atoms with Crippen molar-refractivity contribution in [3.05, 3.63) is 47.4 Å². The summed E-state index contributed by atoms with van der Waals surface area (Å²) in [6, 6.07) is 5.95. The molecule has 1 aromatic rings. The van der Waals surface area contributed by atoms with Crippen LogP contribution in [0.15, 0.2) is 36.0 Å². The lowest BCUT2D eigenvalue weighted by atomic mass is 9.97. The zero-order valence-electron chi connectivity index (χ0n) is 10.2. The zero-order valence-corrected chi connectivity index (χ0v) is 10.2. The van der Waals surface area contributed by atoms with Crippen molar-refractivity contribution in [2.24, 2.45) is 11.1 Å². The van der Waals surface area contributed by atoms with Crippen LogP contribution in [0.1, 0.15) is 24.3 Å². The van der Waals surface area contributed by atoms with E-state index >= 15 is 0 Å². The van der Waals surface area contributed by atoms with Gasteiger partial charge in [-0.2, -0.15) is 0 Å². The molecular weight excluding hydrogens is 247 g/mol. The number of allylic oxidation sites excluding steroid dienone is 2. The van der Waals surface area contributed by atoms with Gasteiger partial charge in [-0.3, -0.25) is 9.59 Å². The highest BCUT2D eigenvalue weighted by molar-refractivity contribution is 6.09. The van der Waals surface area contributed by atoms with Gasteiger partial charge in [0.15, 0.2) is 0 Å². The van der Waals surface area contributed by atoms with Gasteiger partial charge < -0.3 is 11.1 Å². The van der Waals surface area contributed by atoms with E-state index in [2.05, 4.69) is 5.32 Å². The van der Waals surface area contributed by atoms with Crippen LogP contribution in [0, 0.1) is 11.2 Å². The number of nitrogens with one attached hydrogen (secondary N) is 1. The third-order valence-corrected chi connectivity index (χ3v) is 3.74. The monoisotopic (exact) mass is 260 g/mol. The largest absolute Gasteiger partial charge is 0.369 e. The number of hydrogen-bond acceptors (Lipinski definition) is 2. The Morgan fingerprint density at radius 2 is 2.16 bits per heavy atom. The Hall–Kier alpha value is -2.17. The van der Waals surface area contributed by atoms with Crippen LogP contribution < -0.4 is 11.1 Å². The highest BCUT2D eigenvalue weighted by Gasteiger charge is 2.65. The average molecular weight is 260 g/mol. The van der Waals surface area contributed by atoms with E-state index in [0.717, 1.165) is 12.1 Å². The van der Waals surface area contributed by atoms with Gasteiger partial charge in [0.25, 0.3) is 0 Å². The Morgan fingerprint density at radius 3 is 2.74 bits per heavy atom. The zero-order chi connectivity index (χ0) is 13.6. The number of primary amides is 1. The molecule has 2 aliphatic carbocycles. The van der Waals surface area contributed by atoms with E-state index in [-0.39, 0.29) is 17.6 Å². The van der Waals surface area contributed by atoms with Crippen molar-refractivity contribution in [1.29, 1.82) is 0 Å². The molecule has 1 aromatic carbocycles. The van der Waals surface area contributed by atoms with E-state index in [0.29, 0.717) is 12.0 Å². The minimum absolute atomic E-state index is 0.333. The quantitative estimate of drug-likeness (QED) is 0.798. The second kappa shape index (κ2) is 3.91. The van der Waals surface area contributed by atoms with Crippen LogP contribution in [0.25, 0.3) is 0 Å². The lowest BCUT2D eigenvalue weighted by Crippen LogP contribution is -2.40. The van der Waals surface area contributed by atoms with Gasteiger partial charge in [0.05, 0.1) is 0 Å². The molecule has 19 heavy (non-hydrogen) atoms. The number of rotatable bonds is 4. The highest BCUT2D eigenvalue weighted by Crippen LogP contribution is 2.59. The summed E-state index contributed by atoms with van der Waals surface area (Å²) in [5.41, 5.74) is 5.61. The first-order valence-electron chi connectivity index (χ1n) is 6.10. The topological polar surface area (TPSA) is 72.2 Å². The molecule has 2 amide bonds. The summed E-state index contributed by atoms with van der Waals surface area (Å²) in [6.07, 6.45) is 2.93. The lowest BCUT2D eigenvalue weighted by molar-refractivity contribution is -0.135. The van der Waals surface area contributed by atoms with E-state index in [4.69, 9.17) is 5.73 Å². The van der Waals surface area contributed by atoms with Crippen LogP contribution in [0.5, 0.6) is 0 Å². The van der Waals surface area contributed by atoms with Gasteiger partial charge in [-0.1, -0.05) is 18.2 Å². The molecule has 98 valence electrons. The fourth-order valence-electron chi connectivity index (χ4n) is 2.43. The Kier molecular flexibility index (Phi) is 2.45. The van der Waals surface area contributed by atoms with Crippen molar-refractivity contribution in [1.82, 2.24) is 5.32 Å². The van der Waals surface area contributed by atoms with Crippen molar-refractivity contribution < 1.29 is 14.0 Å². The van der Waals surface area contributed by atoms with Crippen LogP contribution in [0.2, 0.25) is 0 Å². The Labute approximate surface area is 109 Å². The van der Waals surface area contributed by atoms with E-state index in [1.165, 1.54) is 12.1 Å². The van der Waals surface area contributed by atoms with Gasteiger partial charge in [-0.05, 0) is 24.1 Å². The van der Waals surface area contributed by atoms with Crippen molar-refractivity contribution in [3.63, 3.8) is 0 Å². The Morgan fingerprint density at radius 1 is 1.42 bits per heavy atom. The molecule has 1 saturated carbocycles. The van der Waals surface area contributed by atoms with Gasteiger partial charge >= 0.3 is 0 Å². The van der Waals surface area contributed by atoms with Gasteiger partial charge in [0.1, 0.15) is 11.2 Å². The molecule has 0 heterocycles. The average Bonchev–Trinajstić information content (AvgIpc) is 3.23. The second-order valence-electron chi connectivity index (χ2n) is 5.03. The fourth-order valence-corrected chi connectivity index (χ4v) is 2.43. The highest BCUT2D eigenvalue weighted by atomic mass is 19.1. The van der Waals surface area contributed by atoms with E-state index in [9.17, 15) is 14.0 Å². The predicted molar refractivity (Wildman–Crippen MR) is 66.2 cm³/mol. The molecule has 2 aliphatic rings. The molecule has 0 bridgehead atoms. The standard InChI is InChI=1S/C14H13FN2O2/c15-9-3-1-2-8(6-9)11-7-14(11,12(16)18)13(19)17-10-4-5-10/h1-4,6,11H,5,7H2,(H2,16,18)(H,17,19). The third kappa shape index (κ3) is 1.91. The molecule has 0 spiro atoms. The molecule has 5 heteroatoms. The molecule has 0 aliphatic heterocycles. The third-order valence-electron chi connectivity index (χ3n) is 3.74. The number of hydrogen-bond donors (Lipinski definition) is 2. The maximum Gasteiger partial charge on any atom is 0.240 e. The molecule has 0 aromatic heterocycles. The smallest absolute Gasteiger partial charge is 0.240 e. The summed E-state index contributed by atoms with van der Waals surface area (Å²) >= 11 is 0. The first-order valence-corrected chi connectivity index (χ1v) is 6.10. The first kappa shape index (κ1) is 11.9. The van der Waals surface area contributed by atoms with Crippen LogP contribution >= 0.6 is 0 Å². The summed E-state index contributed by atoms with van der Waals surface area (Å²) < 4.78 is 13.2. The van der Waals surface area contributed by atoms with Gasteiger partial charge in [0.2, 0.25) is 11.8 Å². The second-order valence-corrected chi connectivity index (χ2v) is 5.03. The molecule has 2 unspecified atom stereocenters.